The van der Waals surface area contributed by atoms with Crippen LogP contribution in [0.25, 0.3) is 12.2 Å². The molecular formula is C21H20F3N3O5. The van der Waals surface area contributed by atoms with Crippen LogP contribution in [0.2, 0.25) is 0 Å². The number of benzene rings is 1. The van der Waals surface area contributed by atoms with Gasteiger partial charge < -0.3 is 19.5 Å². The van der Waals surface area contributed by atoms with Gasteiger partial charge in [-0.3, -0.25) is 9.59 Å². The Kier molecular flexibility index (Phi) is 7.24. The number of aromatic amines is 2. The first-order valence-corrected chi connectivity index (χ1v) is 9.14. The lowest BCUT2D eigenvalue weighted by molar-refractivity contribution is -0.192. The molecule has 170 valence electrons. The molecule has 0 aliphatic rings. The van der Waals surface area contributed by atoms with E-state index in [4.69, 9.17) is 14.3 Å². The van der Waals surface area contributed by atoms with Crippen LogP contribution in [-0.4, -0.2) is 32.2 Å². The predicted molar refractivity (Wildman–Crippen MR) is 109 cm³/mol. The molecule has 0 aliphatic heterocycles. The average molecular weight is 451 g/mol. The summed E-state index contributed by atoms with van der Waals surface area (Å²) in [4.78, 5) is 42.9. The van der Waals surface area contributed by atoms with Crippen LogP contribution < -0.4 is 21.8 Å². The first-order chi connectivity index (χ1) is 14.8. The molecule has 0 bridgehead atoms. The number of nitrogens with one attached hydrogen (secondary N) is 2. The molecule has 1 aromatic carbocycles. The van der Waals surface area contributed by atoms with Gasteiger partial charge >= 0.3 is 12.1 Å². The van der Waals surface area contributed by atoms with Gasteiger partial charge in [0.2, 0.25) is 0 Å². The smallest absolute Gasteiger partial charge is 0.475 e. The summed E-state index contributed by atoms with van der Waals surface area (Å²) >= 11 is 0. The zero-order valence-electron chi connectivity index (χ0n) is 17.3. The lowest BCUT2D eigenvalue weighted by Crippen LogP contribution is -2.46. The molecule has 3 rings (SSSR count). The van der Waals surface area contributed by atoms with E-state index in [9.17, 15) is 22.8 Å². The molecule has 0 unspecified atom stereocenters. The Morgan fingerprint density at radius 3 is 1.97 bits per heavy atom. The molecule has 2 heterocycles. The van der Waals surface area contributed by atoms with Gasteiger partial charge in [-0.1, -0.05) is 51.1 Å². The molecule has 2 aromatic heterocycles. The highest BCUT2D eigenvalue weighted by Gasteiger charge is 2.38. The van der Waals surface area contributed by atoms with Gasteiger partial charge in [-0.2, -0.15) is 13.2 Å². The van der Waals surface area contributed by atoms with Gasteiger partial charge in [-0.15, -0.1) is 0 Å². The molecule has 8 nitrogen and oxygen atoms in total. The Bertz CT molecular complexity index is 1310. The van der Waals surface area contributed by atoms with Crippen LogP contribution in [0.15, 0.2) is 50.7 Å². The molecule has 0 amide bonds. The maximum Gasteiger partial charge on any atom is 0.490 e. The summed E-state index contributed by atoms with van der Waals surface area (Å²) < 4.78 is 37.2. The molecule has 11 heteroatoms. The minimum atomic E-state index is -5.08. The fourth-order valence-corrected chi connectivity index (χ4v) is 2.47. The highest BCUT2D eigenvalue weighted by atomic mass is 19.4. The Labute approximate surface area is 178 Å². The van der Waals surface area contributed by atoms with Crippen molar-refractivity contribution < 1.29 is 27.5 Å². The number of carboxylic acid groups (broad SMARTS) is 1. The Morgan fingerprint density at radius 1 is 1.00 bits per heavy atom. The van der Waals surface area contributed by atoms with Crippen molar-refractivity contribution in [3.05, 3.63) is 85.1 Å². The number of rotatable bonds is 2. The van der Waals surface area contributed by atoms with Crippen molar-refractivity contribution in [1.82, 2.24) is 15.0 Å². The molecule has 3 N–H and O–H groups in total. The van der Waals surface area contributed by atoms with E-state index in [0.29, 0.717) is 11.5 Å². The normalized spacial score (nSPS) is 12.9. The number of aliphatic carboxylic acids is 1. The highest BCUT2D eigenvalue weighted by molar-refractivity contribution is 5.73. The second-order valence-electron chi connectivity index (χ2n) is 7.55. The van der Waals surface area contributed by atoms with Crippen LogP contribution in [0, 0.1) is 0 Å². The van der Waals surface area contributed by atoms with E-state index < -0.39 is 17.7 Å². The van der Waals surface area contributed by atoms with Crippen LogP contribution >= 0.6 is 0 Å². The highest BCUT2D eigenvalue weighted by Crippen LogP contribution is 2.25. The zero-order valence-corrected chi connectivity index (χ0v) is 17.3. The van der Waals surface area contributed by atoms with E-state index >= 15 is 0 Å². The monoisotopic (exact) mass is 451 g/mol. The Hall–Kier alpha value is -3.89. The quantitative estimate of drug-likeness (QED) is 0.543. The molecule has 0 saturated carbocycles. The third-order valence-corrected chi connectivity index (χ3v) is 3.90. The number of carbonyl (C=O) groups is 1. The van der Waals surface area contributed by atoms with Crippen LogP contribution in [0.1, 0.15) is 37.8 Å². The maximum absolute atomic E-state index is 12.3. The van der Waals surface area contributed by atoms with Gasteiger partial charge in [-0.05, 0) is 17.7 Å². The molecule has 0 atom stereocenters. The molecule has 0 radical (unpaired) electrons. The molecule has 0 saturated heterocycles. The molecule has 0 spiro atoms. The largest absolute Gasteiger partial charge is 0.490 e. The summed E-state index contributed by atoms with van der Waals surface area (Å²) in [5.74, 6) is -2.11. The Balaban J connectivity index is 0.000000451. The summed E-state index contributed by atoms with van der Waals surface area (Å²) in [5, 5.41) is 7.46. The Morgan fingerprint density at radius 2 is 1.50 bits per heavy atom. The number of nitrogens with zero attached hydrogens (tertiary/aromatic N) is 1. The molecular weight excluding hydrogens is 431 g/mol. The number of oxazole rings is 1. The van der Waals surface area contributed by atoms with Crippen molar-refractivity contribution in [2.75, 3.05) is 0 Å². The zero-order chi connectivity index (χ0) is 24.1. The number of hydrogen-bond acceptors (Lipinski definition) is 5. The lowest BCUT2D eigenvalue weighted by atomic mass is 9.92. The van der Waals surface area contributed by atoms with Gasteiger partial charge in [-0.25, -0.2) is 9.78 Å². The predicted octanol–water partition coefficient (Wildman–Crippen LogP) is 1.64. The maximum atomic E-state index is 12.3. The van der Waals surface area contributed by atoms with Gasteiger partial charge in [0.25, 0.3) is 11.1 Å². The summed E-state index contributed by atoms with van der Waals surface area (Å²) in [6.45, 7) is 5.95. The van der Waals surface area contributed by atoms with Gasteiger partial charge in [0.05, 0.1) is 0 Å². The van der Waals surface area contributed by atoms with Gasteiger partial charge in [0, 0.05) is 5.41 Å². The van der Waals surface area contributed by atoms with Gasteiger partial charge in [0.15, 0.2) is 6.39 Å². The van der Waals surface area contributed by atoms with Crippen LogP contribution in [0.3, 0.4) is 0 Å². The lowest BCUT2D eigenvalue weighted by Gasteiger charge is -2.14. The van der Waals surface area contributed by atoms with Crippen molar-refractivity contribution in [3.8, 4) is 0 Å². The fraction of sp³-hybridized carbons (Fsp3) is 0.238. The molecule has 0 aliphatic carbocycles. The topological polar surface area (TPSA) is 129 Å². The molecule has 0 fully saturated rings. The van der Waals surface area contributed by atoms with E-state index in [1.165, 1.54) is 12.5 Å². The molecule has 32 heavy (non-hydrogen) atoms. The van der Waals surface area contributed by atoms with Crippen molar-refractivity contribution in [2.45, 2.75) is 32.4 Å². The summed E-state index contributed by atoms with van der Waals surface area (Å²) in [6, 6.07) is 9.30. The van der Waals surface area contributed by atoms with Gasteiger partial charge in [0.1, 0.15) is 22.2 Å². The van der Waals surface area contributed by atoms with E-state index in [2.05, 4.69) is 15.0 Å². The minimum Gasteiger partial charge on any atom is -0.475 e. The van der Waals surface area contributed by atoms with Crippen LogP contribution in [0.5, 0.6) is 0 Å². The summed E-state index contributed by atoms with van der Waals surface area (Å²) in [6.07, 6.45) is -0.604. The standard InChI is InChI=1S/C19H19N3O3.C2HF3O2/c1-19(2,3)16-13(20-11-25-16)10-15-18(24)21-14(17(23)22-15)9-12-7-5-4-6-8-12;3-2(4,5)1(6)7/h4-11H,1-3H3,(H,21,24)(H,22,23);(H,6,7)/b14-9-,15-10-;. The average Bonchev–Trinajstić information content (AvgIpc) is 3.15. The fourth-order valence-electron chi connectivity index (χ4n) is 2.47. The first-order valence-electron chi connectivity index (χ1n) is 9.14. The SMILES string of the molecule is CC(C)(C)c1ocnc1/C=c1\[nH]c(=O)/c(=C/c2ccccc2)[nH]c1=O.O=C(O)C(F)(F)F. The number of carboxylic acids is 1. The van der Waals surface area contributed by atoms with Crippen LogP contribution in [-0.2, 0) is 10.2 Å². The number of aromatic nitrogens is 3. The third kappa shape index (κ3) is 6.56. The second-order valence-corrected chi connectivity index (χ2v) is 7.55. The van der Waals surface area contributed by atoms with E-state index in [1.807, 2.05) is 51.1 Å². The number of hydrogen-bond donors (Lipinski definition) is 3. The number of halogens is 3. The second kappa shape index (κ2) is 9.50. The van der Waals surface area contributed by atoms with Crippen molar-refractivity contribution in [1.29, 1.82) is 0 Å². The summed E-state index contributed by atoms with van der Waals surface area (Å²) in [7, 11) is 0. The number of alkyl halides is 3. The van der Waals surface area contributed by atoms with E-state index in [-0.39, 0.29) is 21.7 Å². The van der Waals surface area contributed by atoms with E-state index in [1.54, 1.807) is 6.08 Å². The van der Waals surface area contributed by atoms with Crippen LogP contribution in [0.4, 0.5) is 13.2 Å². The van der Waals surface area contributed by atoms with Crippen molar-refractivity contribution in [2.24, 2.45) is 0 Å². The van der Waals surface area contributed by atoms with Crippen molar-refractivity contribution in [3.63, 3.8) is 0 Å². The molecule has 3 aromatic rings. The van der Waals surface area contributed by atoms with E-state index in [0.717, 1.165) is 5.56 Å². The third-order valence-electron chi connectivity index (χ3n) is 3.90. The number of H-pyrrole nitrogens is 2. The minimum absolute atomic E-state index is 0.134. The first kappa shape index (κ1) is 24.4. The van der Waals surface area contributed by atoms with Crippen molar-refractivity contribution >= 4 is 18.1 Å². The summed E-state index contributed by atoms with van der Waals surface area (Å²) in [5.41, 5.74) is 0.302.